The van der Waals surface area contributed by atoms with Gasteiger partial charge in [0.15, 0.2) is 0 Å². The van der Waals surface area contributed by atoms with E-state index >= 15 is 0 Å². The highest BCUT2D eigenvalue weighted by molar-refractivity contribution is 5.85. The molecule has 1 heterocycles. The van der Waals surface area contributed by atoms with Gasteiger partial charge in [-0.2, -0.15) is 0 Å². The number of hydrogen-bond donors (Lipinski definition) is 2. The molecule has 5 heteroatoms. The van der Waals surface area contributed by atoms with Gasteiger partial charge in [-0.3, -0.25) is 4.90 Å². The van der Waals surface area contributed by atoms with Gasteiger partial charge in [-0.1, -0.05) is 61.7 Å². The summed E-state index contributed by atoms with van der Waals surface area (Å²) in [6.45, 7) is 5.48. The highest BCUT2D eigenvalue weighted by Gasteiger charge is 2.30. The van der Waals surface area contributed by atoms with E-state index in [1.54, 1.807) is 0 Å². The molecule has 0 amide bonds. The fourth-order valence-corrected chi connectivity index (χ4v) is 4.79. The highest BCUT2D eigenvalue weighted by atomic mass is 35.5. The Balaban J connectivity index is 0.00000150. The molecule has 0 unspecified atom stereocenters. The van der Waals surface area contributed by atoms with Gasteiger partial charge in [0.1, 0.15) is 0 Å². The monoisotopic (exact) mass is 435 g/mol. The number of anilines is 1. The minimum absolute atomic E-state index is 0. The maximum Gasteiger partial charge on any atom is 0.0400 e. The Kier molecular flexibility index (Phi) is 10.3. The smallest absolute Gasteiger partial charge is 0.0400 e. The molecule has 2 aromatic rings. The van der Waals surface area contributed by atoms with Crippen LogP contribution in [0.2, 0.25) is 0 Å². The summed E-state index contributed by atoms with van der Waals surface area (Å²) in [5, 5.41) is 7.08. The van der Waals surface area contributed by atoms with E-state index < -0.39 is 0 Å². The second-order valence-corrected chi connectivity index (χ2v) is 8.09. The van der Waals surface area contributed by atoms with Gasteiger partial charge in [-0.15, -0.1) is 24.8 Å². The lowest BCUT2D eigenvalue weighted by atomic mass is 9.80. The van der Waals surface area contributed by atoms with Crippen LogP contribution in [-0.2, 0) is 6.54 Å². The third kappa shape index (κ3) is 6.62. The first-order valence-electron chi connectivity index (χ1n) is 10.7. The molecule has 0 aromatic heterocycles. The van der Waals surface area contributed by atoms with Crippen molar-refractivity contribution in [3.8, 4) is 0 Å². The molecule has 0 radical (unpaired) electrons. The number of piperazine rings is 1. The normalized spacial score (nSPS) is 18.9. The van der Waals surface area contributed by atoms with Gasteiger partial charge in [0.25, 0.3) is 0 Å². The molecule has 1 saturated heterocycles. The number of hydrogen-bond acceptors (Lipinski definition) is 3. The van der Waals surface area contributed by atoms with Crippen LogP contribution in [-0.4, -0.2) is 31.1 Å². The third-order valence-electron chi connectivity index (χ3n) is 6.23. The van der Waals surface area contributed by atoms with Crippen LogP contribution >= 0.6 is 24.8 Å². The van der Waals surface area contributed by atoms with Gasteiger partial charge in [0, 0.05) is 44.5 Å². The summed E-state index contributed by atoms with van der Waals surface area (Å²) >= 11 is 0. The van der Waals surface area contributed by atoms with E-state index in [9.17, 15) is 0 Å². The summed E-state index contributed by atoms with van der Waals surface area (Å²) in [7, 11) is 0. The van der Waals surface area contributed by atoms with Crippen molar-refractivity contribution in [3.05, 3.63) is 65.7 Å². The zero-order valence-corrected chi connectivity index (χ0v) is 18.8. The maximum atomic E-state index is 3.56. The lowest BCUT2D eigenvalue weighted by Crippen LogP contribution is -2.47. The maximum absolute atomic E-state index is 3.56. The SMILES string of the molecule is Cl.Cl.c1ccc(CNc2ccc([C@@H](C3CCCCC3)N3CCNCC3)cc2)cc1. The number of halogens is 2. The van der Waals surface area contributed by atoms with E-state index in [2.05, 4.69) is 70.1 Å². The number of rotatable bonds is 6. The molecule has 1 saturated carbocycles. The predicted octanol–water partition coefficient (Wildman–Crippen LogP) is 5.67. The van der Waals surface area contributed by atoms with Crippen molar-refractivity contribution in [2.45, 2.75) is 44.7 Å². The van der Waals surface area contributed by atoms with Crippen LogP contribution in [0, 0.1) is 5.92 Å². The Bertz CT molecular complexity index is 663. The Morgan fingerprint density at radius 3 is 2.17 bits per heavy atom. The molecule has 3 nitrogen and oxygen atoms in total. The van der Waals surface area contributed by atoms with Crippen LogP contribution in [0.4, 0.5) is 5.69 Å². The zero-order chi connectivity index (χ0) is 18.3. The van der Waals surface area contributed by atoms with Crippen molar-refractivity contribution in [1.82, 2.24) is 10.2 Å². The molecule has 29 heavy (non-hydrogen) atoms. The summed E-state index contributed by atoms with van der Waals surface area (Å²) in [4.78, 5) is 2.74. The minimum atomic E-state index is 0. The Morgan fingerprint density at radius 1 is 0.862 bits per heavy atom. The molecule has 160 valence electrons. The first kappa shape index (κ1) is 24.0. The van der Waals surface area contributed by atoms with Crippen molar-refractivity contribution < 1.29 is 0 Å². The summed E-state index contributed by atoms with van der Waals surface area (Å²) in [6.07, 6.45) is 7.02. The molecule has 1 atom stereocenters. The molecule has 2 fully saturated rings. The molecule has 1 aliphatic heterocycles. The summed E-state index contributed by atoms with van der Waals surface area (Å²) in [5.41, 5.74) is 4.04. The molecule has 0 spiro atoms. The van der Waals surface area contributed by atoms with E-state index in [1.165, 1.54) is 62.0 Å². The van der Waals surface area contributed by atoms with Gasteiger partial charge in [0.2, 0.25) is 0 Å². The van der Waals surface area contributed by atoms with E-state index in [0.29, 0.717) is 6.04 Å². The standard InChI is InChI=1S/C24H33N3.2ClH/c1-3-7-20(8-4-1)19-26-23-13-11-22(12-14-23)24(21-9-5-2-6-10-21)27-17-15-25-16-18-27;;/h1,3-4,7-8,11-14,21,24-26H,2,5-6,9-10,15-19H2;2*1H/t24-;;/m1../s1. The Hall–Kier alpha value is -1.26. The van der Waals surface area contributed by atoms with E-state index in [1.807, 2.05) is 0 Å². The lowest BCUT2D eigenvalue weighted by molar-refractivity contribution is 0.103. The average molecular weight is 436 g/mol. The van der Waals surface area contributed by atoms with E-state index in [4.69, 9.17) is 0 Å². The molecule has 1 aliphatic carbocycles. The number of benzene rings is 2. The molecule has 0 bridgehead atoms. The van der Waals surface area contributed by atoms with Crippen LogP contribution in [0.1, 0.15) is 49.3 Å². The van der Waals surface area contributed by atoms with Crippen molar-refractivity contribution in [1.29, 1.82) is 0 Å². The molecule has 4 rings (SSSR count). The van der Waals surface area contributed by atoms with Gasteiger partial charge < -0.3 is 10.6 Å². The Morgan fingerprint density at radius 2 is 1.52 bits per heavy atom. The van der Waals surface area contributed by atoms with E-state index in [-0.39, 0.29) is 24.8 Å². The second-order valence-electron chi connectivity index (χ2n) is 8.09. The lowest BCUT2D eigenvalue weighted by Gasteiger charge is -2.41. The molecule has 2 N–H and O–H groups in total. The van der Waals surface area contributed by atoms with Crippen LogP contribution in [0.15, 0.2) is 54.6 Å². The Labute approximate surface area is 188 Å². The van der Waals surface area contributed by atoms with Gasteiger partial charge >= 0.3 is 0 Å². The highest BCUT2D eigenvalue weighted by Crippen LogP contribution is 2.38. The van der Waals surface area contributed by atoms with Gasteiger partial charge in [0.05, 0.1) is 0 Å². The van der Waals surface area contributed by atoms with Crippen molar-refractivity contribution >= 4 is 30.5 Å². The molecule has 2 aliphatic rings. The number of nitrogens with zero attached hydrogens (tertiary/aromatic N) is 1. The minimum Gasteiger partial charge on any atom is -0.381 e. The number of nitrogens with one attached hydrogen (secondary N) is 2. The first-order chi connectivity index (χ1) is 13.4. The van der Waals surface area contributed by atoms with Gasteiger partial charge in [-0.05, 0) is 42.0 Å². The quantitative estimate of drug-likeness (QED) is 0.611. The van der Waals surface area contributed by atoms with E-state index in [0.717, 1.165) is 25.6 Å². The largest absolute Gasteiger partial charge is 0.381 e. The molecular formula is C24H35Cl2N3. The fraction of sp³-hybridized carbons (Fsp3) is 0.500. The topological polar surface area (TPSA) is 27.3 Å². The van der Waals surface area contributed by atoms with Crippen LogP contribution in [0.25, 0.3) is 0 Å². The molecule has 2 aromatic carbocycles. The second kappa shape index (κ2) is 12.4. The van der Waals surface area contributed by atoms with Crippen LogP contribution in [0.5, 0.6) is 0 Å². The van der Waals surface area contributed by atoms with Crippen molar-refractivity contribution in [2.75, 3.05) is 31.5 Å². The average Bonchev–Trinajstić information content (AvgIpc) is 2.76. The van der Waals surface area contributed by atoms with Crippen LogP contribution in [0.3, 0.4) is 0 Å². The van der Waals surface area contributed by atoms with Crippen molar-refractivity contribution in [3.63, 3.8) is 0 Å². The predicted molar refractivity (Wildman–Crippen MR) is 128 cm³/mol. The van der Waals surface area contributed by atoms with Crippen LogP contribution < -0.4 is 10.6 Å². The zero-order valence-electron chi connectivity index (χ0n) is 17.2. The van der Waals surface area contributed by atoms with Crippen molar-refractivity contribution in [2.24, 2.45) is 5.92 Å². The van der Waals surface area contributed by atoms with Gasteiger partial charge in [-0.25, -0.2) is 0 Å². The fourth-order valence-electron chi connectivity index (χ4n) is 4.79. The summed E-state index contributed by atoms with van der Waals surface area (Å²) in [5.74, 6) is 0.819. The summed E-state index contributed by atoms with van der Waals surface area (Å²) < 4.78 is 0. The third-order valence-corrected chi connectivity index (χ3v) is 6.23. The molecular weight excluding hydrogens is 401 g/mol. The first-order valence-corrected chi connectivity index (χ1v) is 10.7. The summed E-state index contributed by atoms with van der Waals surface area (Å²) in [6, 6.07) is 20.5.